The highest BCUT2D eigenvalue weighted by molar-refractivity contribution is 6.02. The summed E-state index contributed by atoms with van der Waals surface area (Å²) < 4.78 is 15.0. The van der Waals surface area contributed by atoms with Crippen molar-refractivity contribution >= 4 is 28.5 Å². The summed E-state index contributed by atoms with van der Waals surface area (Å²) in [7, 11) is 2.76. The maximum absolute atomic E-state index is 12.4. The highest BCUT2D eigenvalue weighted by Gasteiger charge is 2.17. The minimum atomic E-state index is -0.568. The van der Waals surface area contributed by atoms with Crippen molar-refractivity contribution in [2.24, 2.45) is 0 Å². The van der Waals surface area contributed by atoms with Gasteiger partial charge in [0, 0.05) is 5.39 Å². The lowest BCUT2D eigenvalue weighted by atomic mass is 10.1. The molecule has 7 nitrogen and oxygen atoms in total. The van der Waals surface area contributed by atoms with Gasteiger partial charge in [0.15, 0.2) is 5.58 Å². The summed E-state index contributed by atoms with van der Waals surface area (Å²) >= 11 is 0. The summed E-state index contributed by atoms with van der Waals surface area (Å²) in [6.45, 7) is 0. The smallest absolute Gasteiger partial charge is 0.340 e. The molecule has 0 saturated heterocycles. The van der Waals surface area contributed by atoms with Crippen LogP contribution in [-0.4, -0.2) is 31.3 Å². The zero-order valence-electron chi connectivity index (χ0n) is 13.7. The molecule has 1 N–H and O–H groups in total. The molecule has 0 unspecified atom stereocenters. The van der Waals surface area contributed by atoms with Gasteiger partial charge in [-0.15, -0.1) is 0 Å². The fraction of sp³-hybridized carbons (Fsp3) is 0.167. The van der Waals surface area contributed by atoms with Crippen molar-refractivity contribution in [3.63, 3.8) is 0 Å². The zero-order chi connectivity index (χ0) is 17.8. The summed E-state index contributed by atoms with van der Waals surface area (Å²) in [5, 5.41) is 7.41. The van der Waals surface area contributed by atoms with Gasteiger partial charge < -0.3 is 19.3 Å². The van der Waals surface area contributed by atoms with E-state index in [1.165, 1.54) is 20.3 Å². The van der Waals surface area contributed by atoms with Crippen molar-refractivity contribution in [2.75, 3.05) is 19.5 Å². The molecule has 7 heteroatoms. The molecular formula is C18H16N2O5. The second-order valence-electron chi connectivity index (χ2n) is 5.25. The normalized spacial score (nSPS) is 10.5. The van der Waals surface area contributed by atoms with Gasteiger partial charge in [0.1, 0.15) is 11.4 Å². The van der Waals surface area contributed by atoms with Crippen LogP contribution in [0, 0.1) is 0 Å². The Labute approximate surface area is 143 Å². The van der Waals surface area contributed by atoms with Crippen molar-refractivity contribution in [3.05, 3.63) is 53.7 Å². The number of nitrogens with zero attached hydrogens (tertiary/aromatic N) is 1. The van der Waals surface area contributed by atoms with Gasteiger partial charge in [0.25, 0.3) is 0 Å². The Morgan fingerprint density at radius 2 is 1.96 bits per heavy atom. The molecule has 25 heavy (non-hydrogen) atoms. The molecule has 0 aliphatic carbocycles. The second kappa shape index (κ2) is 7.04. The molecular weight excluding hydrogens is 324 g/mol. The van der Waals surface area contributed by atoms with Crippen LogP contribution in [0.15, 0.2) is 47.0 Å². The van der Waals surface area contributed by atoms with Crippen LogP contribution in [0.5, 0.6) is 5.75 Å². The summed E-state index contributed by atoms with van der Waals surface area (Å²) in [5.41, 5.74) is 1.69. The first-order valence-electron chi connectivity index (χ1n) is 7.52. The van der Waals surface area contributed by atoms with Gasteiger partial charge in [-0.1, -0.05) is 17.3 Å². The van der Waals surface area contributed by atoms with Crippen LogP contribution in [-0.2, 0) is 16.0 Å². The number of nitrogens with one attached hydrogen (secondary N) is 1. The molecule has 0 radical (unpaired) electrons. The molecule has 0 aliphatic rings. The van der Waals surface area contributed by atoms with Crippen molar-refractivity contribution in [3.8, 4) is 5.75 Å². The number of fused-ring (bicyclic) bond motifs is 1. The van der Waals surface area contributed by atoms with E-state index in [4.69, 9.17) is 14.0 Å². The number of hydrogen-bond donors (Lipinski definition) is 1. The Hall–Kier alpha value is -3.35. The van der Waals surface area contributed by atoms with Crippen LogP contribution in [0.3, 0.4) is 0 Å². The van der Waals surface area contributed by atoms with Crippen molar-refractivity contribution < 1.29 is 23.6 Å². The lowest BCUT2D eigenvalue weighted by Gasteiger charge is -2.11. The largest absolute Gasteiger partial charge is 0.497 e. The van der Waals surface area contributed by atoms with Crippen LogP contribution in [0.25, 0.3) is 11.0 Å². The fourth-order valence-electron chi connectivity index (χ4n) is 2.45. The topological polar surface area (TPSA) is 90.7 Å². The average molecular weight is 340 g/mol. The van der Waals surface area contributed by atoms with Gasteiger partial charge >= 0.3 is 5.97 Å². The van der Waals surface area contributed by atoms with Crippen molar-refractivity contribution in [2.45, 2.75) is 6.42 Å². The van der Waals surface area contributed by atoms with Crippen molar-refractivity contribution in [1.29, 1.82) is 0 Å². The van der Waals surface area contributed by atoms with Gasteiger partial charge in [-0.2, -0.15) is 0 Å². The Bertz CT molecular complexity index is 932. The molecule has 0 aliphatic heterocycles. The van der Waals surface area contributed by atoms with Gasteiger partial charge in [0.05, 0.1) is 31.9 Å². The number of ether oxygens (including phenoxy) is 2. The highest BCUT2D eigenvalue weighted by atomic mass is 16.5. The number of esters is 1. The van der Waals surface area contributed by atoms with Crippen LogP contribution in [0.1, 0.15) is 16.1 Å². The van der Waals surface area contributed by atoms with Gasteiger partial charge in [-0.3, -0.25) is 4.79 Å². The number of aromatic nitrogens is 1. The molecule has 1 heterocycles. The number of para-hydroxylation sites is 1. The Morgan fingerprint density at radius 3 is 2.72 bits per heavy atom. The standard InChI is InChI=1S/C18H16N2O5/c1-23-11-7-8-14(13(9-11)18(22)24-2)19-17(21)10-15-12-5-3-4-6-16(12)25-20-15/h3-9H,10H2,1-2H3,(H,19,21). The minimum Gasteiger partial charge on any atom is -0.497 e. The Morgan fingerprint density at radius 1 is 1.16 bits per heavy atom. The quantitative estimate of drug-likeness (QED) is 0.718. The van der Waals surface area contributed by atoms with E-state index in [0.29, 0.717) is 22.7 Å². The molecule has 0 fully saturated rings. The van der Waals surface area contributed by atoms with E-state index in [9.17, 15) is 9.59 Å². The Kier molecular flexibility index (Phi) is 4.65. The number of benzene rings is 2. The monoisotopic (exact) mass is 340 g/mol. The van der Waals surface area contributed by atoms with Crippen LogP contribution >= 0.6 is 0 Å². The second-order valence-corrected chi connectivity index (χ2v) is 5.25. The molecule has 3 rings (SSSR count). The minimum absolute atomic E-state index is 0.0175. The van der Waals surface area contributed by atoms with E-state index in [2.05, 4.69) is 10.5 Å². The maximum atomic E-state index is 12.4. The van der Waals surface area contributed by atoms with Gasteiger partial charge in [-0.05, 0) is 30.3 Å². The maximum Gasteiger partial charge on any atom is 0.340 e. The van der Waals surface area contributed by atoms with Crippen LogP contribution < -0.4 is 10.1 Å². The van der Waals surface area contributed by atoms with E-state index in [-0.39, 0.29) is 17.9 Å². The van der Waals surface area contributed by atoms with E-state index >= 15 is 0 Å². The van der Waals surface area contributed by atoms with Gasteiger partial charge in [0.2, 0.25) is 5.91 Å². The summed E-state index contributed by atoms with van der Waals surface area (Å²) in [4.78, 5) is 24.3. The van der Waals surface area contributed by atoms with E-state index < -0.39 is 5.97 Å². The number of rotatable bonds is 5. The number of methoxy groups -OCH3 is 2. The molecule has 0 saturated carbocycles. The zero-order valence-corrected chi connectivity index (χ0v) is 13.7. The third kappa shape index (κ3) is 3.45. The molecule has 1 aromatic heterocycles. The third-order valence-corrected chi connectivity index (χ3v) is 3.69. The SMILES string of the molecule is COC(=O)c1cc(OC)ccc1NC(=O)Cc1noc2ccccc12. The predicted molar refractivity (Wildman–Crippen MR) is 90.7 cm³/mol. The number of carbonyl (C=O) groups is 2. The fourth-order valence-corrected chi connectivity index (χ4v) is 2.45. The first-order valence-corrected chi connectivity index (χ1v) is 7.52. The highest BCUT2D eigenvalue weighted by Crippen LogP contribution is 2.24. The molecule has 0 atom stereocenters. The van der Waals surface area contributed by atoms with Gasteiger partial charge in [-0.25, -0.2) is 4.79 Å². The Balaban J connectivity index is 1.82. The predicted octanol–water partition coefficient (Wildman–Crippen LogP) is 2.80. The van der Waals surface area contributed by atoms with Crippen LogP contribution in [0.2, 0.25) is 0 Å². The summed E-state index contributed by atoms with van der Waals surface area (Å²) in [6, 6.07) is 12.0. The van der Waals surface area contributed by atoms with E-state index in [1.807, 2.05) is 18.2 Å². The lowest BCUT2D eigenvalue weighted by Crippen LogP contribution is -2.17. The molecule has 128 valence electrons. The molecule has 2 aromatic carbocycles. The summed E-state index contributed by atoms with van der Waals surface area (Å²) in [6.07, 6.45) is 0.0175. The van der Waals surface area contributed by atoms with E-state index in [0.717, 1.165) is 5.39 Å². The number of carbonyl (C=O) groups excluding carboxylic acids is 2. The third-order valence-electron chi connectivity index (χ3n) is 3.69. The first-order chi connectivity index (χ1) is 12.1. The molecule has 0 spiro atoms. The number of hydrogen-bond acceptors (Lipinski definition) is 6. The lowest BCUT2D eigenvalue weighted by molar-refractivity contribution is -0.115. The molecule has 1 amide bonds. The number of amides is 1. The molecule has 3 aromatic rings. The first kappa shape index (κ1) is 16.5. The average Bonchev–Trinajstić information content (AvgIpc) is 3.04. The van der Waals surface area contributed by atoms with E-state index in [1.54, 1.807) is 18.2 Å². The molecule has 0 bridgehead atoms. The summed E-state index contributed by atoms with van der Waals surface area (Å²) in [5.74, 6) is -0.406. The number of anilines is 1. The van der Waals surface area contributed by atoms with Crippen molar-refractivity contribution in [1.82, 2.24) is 5.16 Å². The van der Waals surface area contributed by atoms with Crippen LogP contribution in [0.4, 0.5) is 5.69 Å².